The van der Waals surface area contributed by atoms with Gasteiger partial charge in [0.2, 0.25) is 5.88 Å². The number of hydrogen-bond donors (Lipinski definition) is 1. The summed E-state index contributed by atoms with van der Waals surface area (Å²) in [4.78, 5) is 4.07. The summed E-state index contributed by atoms with van der Waals surface area (Å²) in [6.07, 6.45) is 6.98. The van der Waals surface area contributed by atoms with Gasteiger partial charge < -0.3 is 10.5 Å². The van der Waals surface area contributed by atoms with Gasteiger partial charge in [0.25, 0.3) is 0 Å². The number of rotatable bonds is 2. The van der Waals surface area contributed by atoms with Crippen LogP contribution in [0.3, 0.4) is 0 Å². The molecule has 1 aromatic heterocycles. The lowest BCUT2D eigenvalue weighted by molar-refractivity contribution is 0.166. The molecular formula is C11H14N2O. The summed E-state index contributed by atoms with van der Waals surface area (Å²) in [7, 11) is 0. The monoisotopic (exact) mass is 190 g/mol. The predicted octanol–water partition coefficient (Wildman–Crippen LogP) is 1.76. The predicted molar refractivity (Wildman–Crippen MR) is 56.9 cm³/mol. The molecule has 0 bridgehead atoms. The molecule has 0 aromatic carbocycles. The molecule has 3 nitrogen and oxygen atoms in total. The third-order valence-electron chi connectivity index (χ3n) is 1.71. The van der Waals surface area contributed by atoms with Gasteiger partial charge >= 0.3 is 0 Å². The van der Waals surface area contributed by atoms with E-state index in [0.717, 1.165) is 5.56 Å². The van der Waals surface area contributed by atoms with Gasteiger partial charge in [-0.1, -0.05) is 5.92 Å². The van der Waals surface area contributed by atoms with Gasteiger partial charge in [0, 0.05) is 6.20 Å². The molecule has 0 saturated carbocycles. The Kier molecular flexibility index (Phi) is 2.66. The molecule has 0 spiro atoms. The van der Waals surface area contributed by atoms with Gasteiger partial charge in [-0.25, -0.2) is 4.98 Å². The molecule has 0 unspecified atom stereocenters. The lowest BCUT2D eigenvalue weighted by atomic mass is 10.1. The quantitative estimate of drug-likeness (QED) is 0.723. The molecular weight excluding hydrogens is 176 g/mol. The molecule has 14 heavy (non-hydrogen) atoms. The van der Waals surface area contributed by atoms with Crippen LogP contribution in [0.4, 0.5) is 5.69 Å². The van der Waals surface area contributed by atoms with E-state index in [1.165, 1.54) is 0 Å². The van der Waals surface area contributed by atoms with Gasteiger partial charge in [-0.3, -0.25) is 0 Å². The number of hydrogen-bond acceptors (Lipinski definition) is 3. The molecule has 0 radical (unpaired) electrons. The van der Waals surface area contributed by atoms with E-state index < -0.39 is 5.60 Å². The zero-order valence-electron chi connectivity index (χ0n) is 8.66. The Morgan fingerprint density at radius 3 is 2.71 bits per heavy atom. The second-order valence-electron chi connectivity index (χ2n) is 3.66. The van der Waals surface area contributed by atoms with Crippen molar-refractivity contribution < 1.29 is 4.74 Å². The van der Waals surface area contributed by atoms with Crippen LogP contribution in [0.2, 0.25) is 0 Å². The van der Waals surface area contributed by atoms with Crippen molar-refractivity contribution in [2.45, 2.75) is 26.4 Å². The molecule has 1 rings (SSSR count). The zero-order valence-corrected chi connectivity index (χ0v) is 8.66. The Morgan fingerprint density at radius 2 is 2.21 bits per heavy atom. The van der Waals surface area contributed by atoms with Crippen LogP contribution in [0.5, 0.6) is 5.88 Å². The first-order chi connectivity index (χ1) is 6.44. The van der Waals surface area contributed by atoms with Crippen molar-refractivity contribution >= 4 is 5.69 Å². The van der Waals surface area contributed by atoms with Crippen molar-refractivity contribution in [3.05, 3.63) is 17.8 Å². The maximum Gasteiger partial charge on any atom is 0.238 e. The van der Waals surface area contributed by atoms with E-state index in [-0.39, 0.29) is 0 Å². The fraction of sp³-hybridized carbons (Fsp3) is 0.364. The Morgan fingerprint density at radius 1 is 1.57 bits per heavy atom. The average molecular weight is 190 g/mol. The van der Waals surface area contributed by atoms with Crippen LogP contribution in [-0.4, -0.2) is 10.6 Å². The maximum atomic E-state index is 5.73. The highest BCUT2D eigenvalue weighted by Crippen LogP contribution is 2.22. The topological polar surface area (TPSA) is 48.1 Å². The third kappa shape index (κ3) is 2.40. The van der Waals surface area contributed by atoms with Gasteiger partial charge in [0.15, 0.2) is 5.60 Å². The first kappa shape index (κ1) is 10.4. The normalized spacial score (nSPS) is 10.7. The summed E-state index contributed by atoms with van der Waals surface area (Å²) in [5, 5.41) is 0. The molecule has 1 heterocycles. The second kappa shape index (κ2) is 3.59. The molecule has 3 heteroatoms. The number of nitrogens with zero attached hydrogens (tertiary/aromatic N) is 1. The molecule has 1 aromatic rings. The Balaban J connectivity index is 2.94. The van der Waals surface area contributed by atoms with Crippen molar-refractivity contribution in [3.63, 3.8) is 0 Å². The number of anilines is 1. The first-order valence-electron chi connectivity index (χ1n) is 4.33. The summed E-state index contributed by atoms with van der Waals surface area (Å²) in [6, 6.07) is 1.80. The highest BCUT2D eigenvalue weighted by atomic mass is 16.5. The van der Waals surface area contributed by atoms with E-state index in [4.69, 9.17) is 16.9 Å². The van der Waals surface area contributed by atoms with Crippen molar-refractivity contribution in [3.8, 4) is 18.2 Å². The lowest BCUT2D eigenvalue weighted by Gasteiger charge is -2.20. The van der Waals surface area contributed by atoms with Gasteiger partial charge in [-0.2, -0.15) is 0 Å². The summed E-state index contributed by atoms with van der Waals surface area (Å²) in [6.45, 7) is 5.49. The second-order valence-corrected chi connectivity index (χ2v) is 3.66. The van der Waals surface area contributed by atoms with Crippen molar-refractivity contribution in [1.82, 2.24) is 4.98 Å². The van der Waals surface area contributed by atoms with Crippen LogP contribution >= 0.6 is 0 Å². The summed E-state index contributed by atoms with van der Waals surface area (Å²) in [5.74, 6) is 2.90. The molecule has 74 valence electrons. The minimum Gasteiger partial charge on any atom is -0.457 e. The number of terminal acetylenes is 1. The van der Waals surface area contributed by atoms with E-state index in [1.807, 2.05) is 6.92 Å². The average Bonchev–Trinajstić information content (AvgIpc) is 2.10. The number of nitrogen functional groups attached to an aromatic ring is 1. The van der Waals surface area contributed by atoms with Crippen LogP contribution in [0.25, 0.3) is 0 Å². The first-order valence-corrected chi connectivity index (χ1v) is 4.33. The zero-order chi connectivity index (χ0) is 10.8. The fourth-order valence-corrected chi connectivity index (χ4v) is 0.936. The number of ether oxygens (including phenoxy) is 1. The largest absolute Gasteiger partial charge is 0.457 e. The third-order valence-corrected chi connectivity index (χ3v) is 1.71. The van der Waals surface area contributed by atoms with Crippen LogP contribution in [-0.2, 0) is 0 Å². The lowest BCUT2D eigenvalue weighted by Crippen LogP contribution is -2.26. The summed E-state index contributed by atoms with van der Waals surface area (Å²) in [5.41, 5.74) is 6.54. The van der Waals surface area contributed by atoms with E-state index in [1.54, 1.807) is 26.1 Å². The molecule has 0 atom stereocenters. The Labute approximate surface area is 84.3 Å². The summed E-state index contributed by atoms with van der Waals surface area (Å²) >= 11 is 0. The maximum absolute atomic E-state index is 5.73. The van der Waals surface area contributed by atoms with Gasteiger partial charge in [-0.15, -0.1) is 6.42 Å². The molecule has 0 saturated heterocycles. The highest BCUT2D eigenvalue weighted by Gasteiger charge is 2.17. The number of aromatic nitrogens is 1. The van der Waals surface area contributed by atoms with Crippen molar-refractivity contribution in [1.29, 1.82) is 0 Å². The van der Waals surface area contributed by atoms with Crippen LogP contribution in [0.15, 0.2) is 12.3 Å². The molecule has 0 aliphatic carbocycles. The fourth-order valence-electron chi connectivity index (χ4n) is 0.936. The van der Waals surface area contributed by atoms with Crippen LogP contribution in [0.1, 0.15) is 19.4 Å². The molecule has 0 aliphatic heterocycles. The van der Waals surface area contributed by atoms with Crippen LogP contribution in [0, 0.1) is 19.3 Å². The summed E-state index contributed by atoms with van der Waals surface area (Å²) < 4.78 is 5.46. The smallest absolute Gasteiger partial charge is 0.238 e. The minimum atomic E-state index is -0.684. The minimum absolute atomic E-state index is 0.388. The van der Waals surface area contributed by atoms with Crippen LogP contribution < -0.4 is 10.5 Å². The van der Waals surface area contributed by atoms with E-state index in [2.05, 4.69) is 10.9 Å². The van der Waals surface area contributed by atoms with Gasteiger partial charge in [0.05, 0.1) is 5.69 Å². The molecule has 0 aliphatic rings. The molecule has 2 N–H and O–H groups in total. The van der Waals surface area contributed by atoms with Crippen molar-refractivity contribution in [2.75, 3.05) is 5.73 Å². The molecule has 0 amide bonds. The SMILES string of the molecule is C#CC(C)(C)Oc1ncc(C)cc1N. The van der Waals surface area contributed by atoms with E-state index >= 15 is 0 Å². The van der Waals surface area contributed by atoms with E-state index in [0.29, 0.717) is 11.6 Å². The van der Waals surface area contributed by atoms with E-state index in [9.17, 15) is 0 Å². The Bertz CT molecular complexity index is 377. The number of nitrogens with two attached hydrogens (primary N) is 1. The molecule has 0 fully saturated rings. The number of aryl methyl sites for hydroxylation is 1. The highest BCUT2D eigenvalue weighted by molar-refractivity contribution is 5.49. The Hall–Kier alpha value is -1.69. The van der Waals surface area contributed by atoms with Gasteiger partial charge in [0.1, 0.15) is 0 Å². The van der Waals surface area contributed by atoms with Gasteiger partial charge in [-0.05, 0) is 32.4 Å². The number of pyridine rings is 1. The standard InChI is InChI=1S/C11H14N2O/c1-5-11(3,4)14-10-9(12)6-8(2)7-13-10/h1,6-7H,12H2,2-4H3. The van der Waals surface area contributed by atoms with Crippen molar-refractivity contribution in [2.24, 2.45) is 0 Å².